The first-order chi connectivity index (χ1) is 8.81. The van der Waals surface area contributed by atoms with Gasteiger partial charge >= 0.3 is 0 Å². The Kier molecular flexibility index (Phi) is 3.97. The largest absolute Gasteiger partial charge is 0.368 e. The number of hydrogen-bond acceptors (Lipinski definition) is 4. The van der Waals surface area contributed by atoms with Gasteiger partial charge in [-0.3, -0.25) is 4.90 Å². The summed E-state index contributed by atoms with van der Waals surface area (Å²) in [4.78, 5) is 7.15. The number of morpholine rings is 1. The molecule has 1 saturated carbocycles. The molecule has 1 atom stereocenters. The highest BCUT2D eigenvalue weighted by molar-refractivity contribution is 7.09. The van der Waals surface area contributed by atoms with Crippen LogP contribution in [0, 0.1) is 12.8 Å². The molecule has 2 aliphatic rings. The highest BCUT2D eigenvalue weighted by Gasteiger charge is 2.26. The summed E-state index contributed by atoms with van der Waals surface area (Å²) in [6.45, 7) is 6.31. The van der Waals surface area contributed by atoms with Crippen LogP contribution in [0.1, 0.15) is 42.5 Å². The number of ether oxygens (including phenoxy) is 1. The van der Waals surface area contributed by atoms with Crippen molar-refractivity contribution in [3.63, 3.8) is 0 Å². The molecule has 18 heavy (non-hydrogen) atoms. The number of aromatic nitrogens is 1. The monoisotopic (exact) mass is 266 g/mol. The van der Waals surface area contributed by atoms with E-state index < -0.39 is 0 Å². The van der Waals surface area contributed by atoms with E-state index in [0.29, 0.717) is 0 Å². The van der Waals surface area contributed by atoms with Crippen molar-refractivity contribution in [1.82, 2.24) is 9.88 Å². The van der Waals surface area contributed by atoms with Crippen LogP contribution < -0.4 is 0 Å². The first kappa shape index (κ1) is 12.6. The van der Waals surface area contributed by atoms with Gasteiger partial charge in [-0.15, -0.1) is 11.3 Å². The maximum absolute atomic E-state index is 5.88. The quantitative estimate of drug-likeness (QED) is 0.841. The number of thiazole rings is 1. The molecular weight excluding hydrogens is 244 g/mol. The van der Waals surface area contributed by atoms with Gasteiger partial charge < -0.3 is 4.74 Å². The van der Waals surface area contributed by atoms with Crippen molar-refractivity contribution < 1.29 is 4.74 Å². The summed E-state index contributed by atoms with van der Waals surface area (Å²) in [5, 5.41) is 3.28. The molecule has 0 bridgehead atoms. The zero-order chi connectivity index (χ0) is 12.4. The van der Waals surface area contributed by atoms with E-state index in [9.17, 15) is 0 Å². The van der Waals surface area contributed by atoms with Gasteiger partial charge in [-0.2, -0.15) is 0 Å². The zero-order valence-electron chi connectivity index (χ0n) is 11.1. The fraction of sp³-hybridized carbons (Fsp3) is 0.786. The third-order valence-electron chi connectivity index (χ3n) is 4.05. The number of hydrogen-bond donors (Lipinski definition) is 0. The van der Waals surface area contributed by atoms with Gasteiger partial charge in [0.25, 0.3) is 0 Å². The Hall–Kier alpha value is -0.450. The maximum Gasteiger partial charge on any atom is 0.123 e. The highest BCUT2D eigenvalue weighted by atomic mass is 32.1. The smallest absolute Gasteiger partial charge is 0.123 e. The van der Waals surface area contributed by atoms with Crippen molar-refractivity contribution in [2.75, 3.05) is 26.2 Å². The third-order valence-corrected chi connectivity index (χ3v) is 5.11. The van der Waals surface area contributed by atoms with Gasteiger partial charge in [0.2, 0.25) is 0 Å². The summed E-state index contributed by atoms with van der Waals surface area (Å²) < 4.78 is 5.88. The predicted octanol–water partition coefficient (Wildman–Crippen LogP) is 3.02. The van der Waals surface area contributed by atoms with Crippen LogP contribution in [0.5, 0.6) is 0 Å². The van der Waals surface area contributed by atoms with E-state index >= 15 is 0 Å². The van der Waals surface area contributed by atoms with Crippen LogP contribution in [0.2, 0.25) is 0 Å². The normalized spacial score (nSPS) is 26.8. The van der Waals surface area contributed by atoms with Gasteiger partial charge in [-0.05, 0) is 25.7 Å². The second kappa shape index (κ2) is 5.68. The molecule has 0 N–H and O–H groups in total. The van der Waals surface area contributed by atoms with Crippen molar-refractivity contribution in [3.05, 3.63) is 16.1 Å². The van der Waals surface area contributed by atoms with E-state index in [-0.39, 0.29) is 6.10 Å². The molecular formula is C14H22N2OS. The molecule has 1 saturated heterocycles. The van der Waals surface area contributed by atoms with E-state index in [1.165, 1.54) is 32.2 Å². The standard InChI is InChI=1S/C14H22N2OS/c1-11-10-18-14(15-11)13-9-16(6-7-17-13)8-12-4-2-3-5-12/h10,12-13H,2-9H2,1H3/t13-/m1/s1. The van der Waals surface area contributed by atoms with Gasteiger partial charge in [0.05, 0.1) is 6.61 Å². The van der Waals surface area contributed by atoms with E-state index in [1.54, 1.807) is 11.3 Å². The highest BCUT2D eigenvalue weighted by Crippen LogP contribution is 2.29. The van der Waals surface area contributed by atoms with Crippen LogP contribution in [0.15, 0.2) is 5.38 Å². The Balaban J connectivity index is 1.57. The summed E-state index contributed by atoms with van der Waals surface area (Å²) in [5.74, 6) is 0.932. The number of nitrogens with zero attached hydrogens (tertiary/aromatic N) is 2. The lowest BCUT2D eigenvalue weighted by Crippen LogP contribution is -2.40. The Bertz CT molecular complexity index is 387. The third kappa shape index (κ3) is 2.92. The number of aryl methyl sites for hydroxylation is 1. The summed E-state index contributed by atoms with van der Waals surface area (Å²) in [6, 6.07) is 0. The lowest BCUT2D eigenvalue weighted by atomic mass is 10.1. The Labute approximate surface area is 113 Å². The molecule has 3 rings (SSSR count). The molecule has 0 unspecified atom stereocenters. The molecule has 100 valence electrons. The molecule has 1 aromatic heterocycles. The Morgan fingerprint density at radius 1 is 1.44 bits per heavy atom. The van der Waals surface area contributed by atoms with E-state index in [1.807, 2.05) is 0 Å². The Morgan fingerprint density at radius 2 is 2.28 bits per heavy atom. The van der Waals surface area contributed by atoms with Crippen molar-refractivity contribution in [2.24, 2.45) is 5.92 Å². The summed E-state index contributed by atoms with van der Waals surface area (Å²) >= 11 is 1.74. The van der Waals surface area contributed by atoms with Crippen molar-refractivity contribution in [1.29, 1.82) is 0 Å². The molecule has 0 radical (unpaired) electrons. The summed E-state index contributed by atoms with van der Waals surface area (Å²) in [5.41, 5.74) is 1.12. The molecule has 2 fully saturated rings. The Morgan fingerprint density at radius 3 is 3.00 bits per heavy atom. The van der Waals surface area contributed by atoms with Crippen molar-refractivity contribution in [3.8, 4) is 0 Å². The zero-order valence-corrected chi connectivity index (χ0v) is 11.9. The minimum atomic E-state index is 0.207. The molecule has 0 spiro atoms. The van der Waals surface area contributed by atoms with Crippen molar-refractivity contribution >= 4 is 11.3 Å². The summed E-state index contributed by atoms with van der Waals surface area (Å²) in [7, 11) is 0. The van der Waals surface area contributed by atoms with Gasteiger partial charge in [0, 0.05) is 30.7 Å². The van der Waals surface area contributed by atoms with Crippen LogP contribution in [0.3, 0.4) is 0 Å². The van der Waals surface area contributed by atoms with Crippen LogP contribution in [0.25, 0.3) is 0 Å². The molecule has 3 nitrogen and oxygen atoms in total. The molecule has 1 aliphatic heterocycles. The van der Waals surface area contributed by atoms with Gasteiger partial charge in [-0.25, -0.2) is 4.98 Å². The predicted molar refractivity (Wildman–Crippen MR) is 73.9 cm³/mol. The lowest BCUT2D eigenvalue weighted by molar-refractivity contribution is -0.0343. The average Bonchev–Trinajstić information content (AvgIpc) is 3.01. The fourth-order valence-electron chi connectivity index (χ4n) is 3.10. The van der Waals surface area contributed by atoms with E-state index in [4.69, 9.17) is 4.74 Å². The SMILES string of the molecule is Cc1csc([C@H]2CN(CC3CCCC3)CCO2)n1. The van der Waals surface area contributed by atoms with Gasteiger partial charge in [0.1, 0.15) is 11.1 Å². The maximum atomic E-state index is 5.88. The second-order valence-corrected chi connectivity index (χ2v) is 6.49. The molecule has 1 aromatic rings. The second-order valence-electron chi connectivity index (χ2n) is 5.60. The summed E-state index contributed by atoms with van der Waals surface area (Å²) in [6.07, 6.45) is 5.93. The van der Waals surface area contributed by atoms with E-state index in [0.717, 1.165) is 36.3 Å². The molecule has 4 heteroatoms. The first-order valence-corrected chi connectivity index (χ1v) is 7.95. The molecule has 0 aromatic carbocycles. The minimum absolute atomic E-state index is 0.207. The van der Waals surface area contributed by atoms with E-state index in [2.05, 4.69) is 22.2 Å². The van der Waals surface area contributed by atoms with Crippen LogP contribution in [0.4, 0.5) is 0 Å². The molecule has 2 heterocycles. The van der Waals surface area contributed by atoms with Gasteiger partial charge in [-0.1, -0.05) is 12.8 Å². The minimum Gasteiger partial charge on any atom is -0.368 e. The van der Waals surface area contributed by atoms with Crippen LogP contribution in [-0.4, -0.2) is 36.1 Å². The number of rotatable bonds is 3. The molecule has 1 aliphatic carbocycles. The molecule has 0 amide bonds. The first-order valence-electron chi connectivity index (χ1n) is 7.07. The van der Waals surface area contributed by atoms with Gasteiger partial charge in [0.15, 0.2) is 0 Å². The fourth-order valence-corrected chi connectivity index (χ4v) is 3.93. The van der Waals surface area contributed by atoms with Crippen LogP contribution in [-0.2, 0) is 4.74 Å². The average molecular weight is 266 g/mol. The lowest BCUT2D eigenvalue weighted by Gasteiger charge is -2.33. The topological polar surface area (TPSA) is 25.4 Å². The van der Waals surface area contributed by atoms with Crippen molar-refractivity contribution in [2.45, 2.75) is 38.7 Å². The van der Waals surface area contributed by atoms with Crippen LogP contribution >= 0.6 is 11.3 Å².